The molecule has 1 saturated heterocycles. The van der Waals surface area contributed by atoms with Crippen LogP contribution in [0.25, 0.3) is 0 Å². The van der Waals surface area contributed by atoms with Crippen molar-refractivity contribution < 1.29 is 24.2 Å². The Hall–Kier alpha value is -1.47. The van der Waals surface area contributed by atoms with E-state index in [2.05, 4.69) is 0 Å². The average molecular weight is 285 g/mol. The van der Waals surface area contributed by atoms with E-state index in [1.54, 1.807) is 17.8 Å². The number of hydrogen-bond donors (Lipinski definition) is 2. The molecule has 1 fully saturated rings. The predicted molar refractivity (Wildman–Crippen MR) is 69.0 cm³/mol. The summed E-state index contributed by atoms with van der Waals surface area (Å²) in [5.74, 6) is -0.165. The molecule has 1 aliphatic rings. The first-order chi connectivity index (χ1) is 9.02. The van der Waals surface area contributed by atoms with Crippen molar-refractivity contribution in [3.8, 4) is 0 Å². The highest BCUT2D eigenvalue weighted by Gasteiger charge is 2.40. The number of rotatable bonds is 4. The smallest absolute Gasteiger partial charge is 0.326 e. The highest BCUT2D eigenvalue weighted by molar-refractivity contribution is 7.97. The van der Waals surface area contributed by atoms with Gasteiger partial charge in [-0.15, -0.1) is 0 Å². The van der Waals surface area contributed by atoms with Gasteiger partial charge in [-0.2, -0.15) is 11.8 Å². The minimum absolute atomic E-state index is 0.0222. The number of furan rings is 1. The van der Waals surface area contributed by atoms with Crippen molar-refractivity contribution in [1.29, 1.82) is 0 Å². The van der Waals surface area contributed by atoms with Crippen molar-refractivity contribution in [2.24, 2.45) is 0 Å². The number of carboxylic acid groups (broad SMARTS) is 1. The van der Waals surface area contributed by atoms with Crippen LogP contribution in [0, 0.1) is 0 Å². The summed E-state index contributed by atoms with van der Waals surface area (Å²) >= 11 is 1.57. The van der Waals surface area contributed by atoms with Gasteiger partial charge in [-0.3, -0.25) is 4.79 Å². The maximum absolute atomic E-state index is 12.2. The van der Waals surface area contributed by atoms with E-state index in [1.165, 1.54) is 6.07 Å². The number of aliphatic carboxylic acids is 1. The lowest BCUT2D eigenvalue weighted by Gasteiger charge is -2.19. The van der Waals surface area contributed by atoms with E-state index in [0.717, 1.165) is 4.90 Å². The monoisotopic (exact) mass is 285 g/mol. The molecule has 104 valence electrons. The van der Waals surface area contributed by atoms with Crippen molar-refractivity contribution in [2.45, 2.75) is 24.3 Å². The Labute approximate surface area is 114 Å². The zero-order valence-electron chi connectivity index (χ0n) is 10.4. The van der Waals surface area contributed by atoms with Crippen LogP contribution in [0.3, 0.4) is 0 Å². The van der Waals surface area contributed by atoms with Gasteiger partial charge < -0.3 is 19.5 Å². The standard InChI is InChI=1S/C12H15NO5S/c1-19-6-8-2-3-10(18-8)11(15)13-5-7(14)4-9(13)12(16)17/h2-3,7,9,14H,4-6H2,1H3,(H,16,17)/t7-,9-/m1/s1. The van der Waals surface area contributed by atoms with Gasteiger partial charge in [0.25, 0.3) is 5.91 Å². The molecule has 0 aromatic carbocycles. The van der Waals surface area contributed by atoms with Crippen LogP contribution in [0.4, 0.5) is 0 Å². The van der Waals surface area contributed by atoms with Gasteiger partial charge in [-0.1, -0.05) is 0 Å². The number of carboxylic acids is 1. The van der Waals surface area contributed by atoms with Gasteiger partial charge in [0.2, 0.25) is 0 Å². The number of β-amino-alcohol motifs (C(OH)–C–C–N with tert-alkyl or cyclic N) is 1. The highest BCUT2D eigenvalue weighted by Crippen LogP contribution is 2.22. The van der Waals surface area contributed by atoms with E-state index in [-0.39, 0.29) is 18.7 Å². The molecule has 0 bridgehead atoms. The van der Waals surface area contributed by atoms with Crippen molar-refractivity contribution in [3.05, 3.63) is 23.7 Å². The first kappa shape index (κ1) is 14.0. The molecule has 19 heavy (non-hydrogen) atoms. The van der Waals surface area contributed by atoms with Crippen molar-refractivity contribution in [1.82, 2.24) is 4.90 Å². The molecule has 1 amide bonds. The molecule has 2 rings (SSSR count). The van der Waals surface area contributed by atoms with Crippen LogP contribution in [0.15, 0.2) is 16.5 Å². The Bertz CT molecular complexity index is 486. The van der Waals surface area contributed by atoms with Crippen LogP contribution in [0.2, 0.25) is 0 Å². The van der Waals surface area contributed by atoms with E-state index in [9.17, 15) is 14.7 Å². The third-order valence-corrected chi connectivity index (χ3v) is 3.56. The number of aliphatic hydroxyl groups excluding tert-OH is 1. The van der Waals surface area contributed by atoms with Gasteiger partial charge in [0.1, 0.15) is 11.8 Å². The Morgan fingerprint density at radius 2 is 2.26 bits per heavy atom. The van der Waals surface area contributed by atoms with E-state index in [0.29, 0.717) is 11.5 Å². The Kier molecular flexibility index (Phi) is 4.16. The molecule has 6 nitrogen and oxygen atoms in total. The van der Waals surface area contributed by atoms with Crippen LogP contribution in [0.5, 0.6) is 0 Å². The maximum atomic E-state index is 12.2. The fourth-order valence-corrected chi connectivity index (χ4v) is 2.57. The number of nitrogens with zero attached hydrogens (tertiary/aromatic N) is 1. The normalized spacial score (nSPS) is 22.7. The molecule has 2 N–H and O–H groups in total. The minimum atomic E-state index is -1.11. The minimum Gasteiger partial charge on any atom is -0.480 e. The van der Waals surface area contributed by atoms with Crippen LogP contribution in [-0.4, -0.2) is 51.9 Å². The fraction of sp³-hybridized carbons (Fsp3) is 0.500. The third-order valence-electron chi connectivity index (χ3n) is 2.98. The zero-order valence-corrected chi connectivity index (χ0v) is 11.2. The number of aliphatic hydroxyl groups is 1. The average Bonchev–Trinajstić information content (AvgIpc) is 2.95. The van der Waals surface area contributed by atoms with Crippen molar-refractivity contribution in [2.75, 3.05) is 12.8 Å². The van der Waals surface area contributed by atoms with Gasteiger partial charge >= 0.3 is 5.97 Å². The number of carbonyl (C=O) groups is 2. The predicted octanol–water partition coefficient (Wildman–Crippen LogP) is 0.803. The van der Waals surface area contributed by atoms with Gasteiger partial charge in [0.05, 0.1) is 11.9 Å². The zero-order chi connectivity index (χ0) is 14.0. The summed E-state index contributed by atoms with van der Waals surface area (Å²) in [6.45, 7) is 0.0222. The molecule has 0 radical (unpaired) electrons. The van der Waals surface area contributed by atoms with E-state index < -0.39 is 24.0 Å². The lowest BCUT2D eigenvalue weighted by molar-refractivity contribution is -0.141. The summed E-state index contributed by atoms with van der Waals surface area (Å²) in [7, 11) is 0. The van der Waals surface area contributed by atoms with Gasteiger partial charge in [-0.05, 0) is 18.4 Å². The van der Waals surface area contributed by atoms with Crippen LogP contribution in [-0.2, 0) is 10.5 Å². The number of carbonyl (C=O) groups excluding carboxylic acids is 1. The summed E-state index contributed by atoms with van der Waals surface area (Å²) in [5.41, 5.74) is 0. The number of thioether (sulfide) groups is 1. The SMILES string of the molecule is CSCc1ccc(C(=O)N2C[C@H](O)C[C@@H]2C(=O)O)o1. The molecule has 0 spiro atoms. The summed E-state index contributed by atoms with van der Waals surface area (Å²) in [4.78, 5) is 24.4. The van der Waals surface area contributed by atoms with Crippen LogP contribution >= 0.6 is 11.8 Å². The molecule has 0 saturated carbocycles. The lowest BCUT2D eigenvalue weighted by atomic mass is 10.2. The van der Waals surface area contributed by atoms with E-state index >= 15 is 0 Å². The highest BCUT2D eigenvalue weighted by atomic mass is 32.2. The Balaban J connectivity index is 2.15. The summed E-state index contributed by atoms with van der Waals surface area (Å²) in [6.07, 6.45) is 1.17. The second-order valence-corrected chi connectivity index (χ2v) is 5.27. The molecule has 1 aliphatic heterocycles. The number of hydrogen-bond acceptors (Lipinski definition) is 5. The molecule has 2 atom stereocenters. The van der Waals surface area contributed by atoms with E-state index in [4.69, 9.17) is 9.52 Å². The van der Waals surface area contributed by atoms with Gasteiger partial charge in [0, 0.05) is 13.0 Å². The lowest BCUT2D eigenvalue weighted by Crippen LogP contribution is -2.40. The Morgan fingerprint density at radius 1 is 1.53 bits per heavy atom. The quantitative estimate of drug-likeness (QED) is 0.850. The van der Waals surface area contributed by atoms with Crippen LogP contribution < -0.4 is 0 Å². The number of amides is 1. The van der Waals surface area contributed by atoms with Crippen molar-refractivity contribution >= 4 is 23.6 Å². The van der Waals surface area contributed by atoms with Crippen LogP contribution in [0.1, 0.15) is 22.7 Å². The van der Waals surface area contributed by atoms with E-state index in [1.807, 2.05) is 6.26 Å². The topological polar surface area (TPSA) is 91.0 Å². The summed E-state index contributed by atoms with van der Waals surface area (Å²) in [6, 6.07) is 2.25. The molecular weight excluding hydrogens is 270 g/mol. The second kappa shape index (κ2) is 5.66. The fourth-order valence-electron chi connectivity index (χ4n) is 2.13. The maximum Gasteiger partial charge on any atom is 0.326 e. The number of likely N-dealkylation sites (tertiary alicyclic amines) is 1. The molecule has 0 unspecified atom stereocenters. The van der Waals surface area contributed by atoms with Gasteiger partial charge in [0.15, 0.2) is 5.76 Å². The first-order valence-corrected chi connectivity index (χ1v) is 7.21. The molecule has 1 aromatic rings. The largest absolute Gasteiger partial charge is 0.480 e. The van der Waals surface area contributed by atoms with Crippen molar-refractivity contribution in [3.63, 3.8) is 0 Å². The molecule has 2 heterocycles. The summed E-state index contributed by atoms with van der Waals surface area (Å²) < 4.78 is 5.37. The van der Waals surface area contributed by atoms with Gasteiger partial charge in [-0.25, -0.2) is 4.79 Å². The molecule has 0 aliphatic carbocycles. The molecular formula is C12H15NO5S. The molecule has 7 heteroatoms. The first-order valence-electron chi connectivity index (χ1n) is 5.82. The second-order valence-electron chi connectivity index (χ2n) is 4.40. The molecule has 1 aromatic heterocycles. The Morgan fingerprint density at radius 3 is 2.89 bits per heavy atom. The third kappa shape index (κ3) is 2.93. The summed E-state index contributed by atoms with van der Waals surface area (Å²) in [5, 5.41) is 18.6.